The lowest BCUT2D eigenvalue weighted by atomic mass is 10.1. The van der Waals surface area contributed by atoms with Crippen LogP contribution in [0.1, 0.15) is 29.4 Å². The molecule has 0 fully saturated rings. The highest BCUT2D eigenvalue weighted by atomic mass is 32.1. The third-order valence-electron chi connectivity index (χ3n) is 3.40. The van der Waals surface area contributed by atoms with Crippen molar-refractivity contribution in [1.29, 1.82) is 0 Å². The van der Waals surface area contributed by atoms with Crippen LogP contribution in [0.2, 0.25) is 0 Å². The summed E-state index contributed by atoms with van der Waals surface area (Å²) in [7, 11) is 0. The van der Waals surface area contributed by atoms with Crippen LogP contribution in [-0.4, -0.2) is 21.4 Å². The Hall–Kier alpha value is -1.78. The molecule has 21 heavy (non-hydrogen) atoms. The number of thiocarbonyl (C=S) groups is 1. The van der Waals surface area contributed by atoms with E-state index in [-0.39, 0.29) is 0 Å². The van der Waals surface area contributed by atoms with Crippen molar-refractivity contribution >= 4 is 17.2 Å². The van der Waals surface area contributed by atoms with Crippen molar-refractivity contribution in [2.75, 3.05) is 6.54 Å². The highest BCUT2D eigenvalue weighted by molar-refractivity contribution is 7.80. The minimum Gasteiger partial charge on any atom is -0.389 e. The monoisotopic (exact) mass is 299 g/mol. The van der Waals surface area contributed by atoms with E-state index in [1.54, 1.807) is 0 Å². The van der Waals surface area contributed by atoms with Gasteiger partial charge in [-0.3, -0.25) is 9.88 Å². The molecule has 3 nitrogen and oxygen atoms in total. The van der Waals surface area contributed by atoms with Gasteiger partial charge < -0.3 is 5.73 Å². The number of hydrogen-bond acceptors (Lipinski definition) is 3. The van der Waals surface area contributed by atoms with E-state index >= 15 is 0 Å². The first-order chi connectivity index (χ1) is 10.1. The van der Waals surface area contributed by atoms with Crippen LogP contribution in [0.15, 0.2) is 42.5 Å². The Morgan fingerprint density at radius 1 is 1.19 bits per heavy atom. The Morgan fingerprint density at radius 3 is 2.62 bits per heavy atom. The summed E-state index contributed by atoms with van der Waals surface area (Å²) in [6, 6.07) is 14.3. The Balaban J connectivity index is 2.08. The van der Waals surface area contributed by atoms with Gasteiger partial charge in [0.1, 0.15) is 4.99 Å². The van der Waals surface area contributed by atoms with E-state index in [0.29, 0.717) is 4.99 Å². The summed E-state index contributed by atoms with van der Waals surface area (Å²) in [4.78, 5) is 7.36. The van der Waals surface area contributed by atoms with Crippen LogP contribution in [0.25, 0.3) is 0 Å². The van der Waals surface area contributed by atoms with Crippen LogP contribution >= 0.6 is 12.2 Å². The Bertz CT molecular complexity index is 625. The minimum atomic E-state index is 0.445. The molecule has 0 saturated carbocycles. The molecule has 2 N–H and O–H groups in total. The van der Waals surface area contributed by atoms with Gasteiger partial charge in [-0.15, -0.1) is 0 Å². The van der Waals surface area contributed by atoms with Crippen molar-refractivity contribution in [2.45, 2.75) is 26.9 Å². The number of benzene rings is 1. The molecule has 2 aromatic rings. The topological polar surface area (TPSA) is 42.1 Å². The van der Waals surface area contributed by atoms with Crippen LogP contribution in [-0.2, 0) is 13.1 Å². The zero-order valence-corrected chi connectivity index (χ0v) is 13.4. The summed E-state index contributed by atoms with van der Waals surface area (Å²) >= 11 is 5.04. The van der Waals surface area contributed by atoms with E-state index < -0.39 is 0 Å². The van der Waals surface area contributed by atoms with Crippen molar-refractivity contribution in [2.24, 2.45) is 5.73 Å². The van der Waals surface area contributed by atoms with Gasteiger partial charge in [0, 0.05) is 24.3 Å². The molecular formula is C17H21N3S. The number of aromatic nitrogens is 1. The van der Waals surface area contributed by atoms with Crippen molar-refractivity contribution in [3.63, 3.8) is 0 Å². The summed E-state index contributed by atoms with van der Waals surface area (Å²) < 4.78 is 0. The van der Waals surface area contributed by atoms with Crippen LogP contribution in [0.3, 0.4) is 0 Å². The number of pyridine rings is 1. The van der Waals surface area contributed by atoms with Crippen molar-refractivity contribution < 1.29 is 0 Å². The molecule has 0 aliphatic rings. The standard InChI is InChI=1S/C17H21N3S/c1-3-20(12-16-9-4-6-13(2)19-16)11-14-7-5-8-15(10-14)17(18)21/h4-10H,3,11-12H2,1-2H3,(H2,18,21). The first-order valence-corrected chi connectivity index (χ1v) is 7.53. The molecule has 110 valence electrons. The maximum absolute atomic E-state index is 5.69. The average Bonchev–Trinajstić information content (AvgIpc) is 2.47. The molecule has 0 saturated heterocycles. The molecule has 1 aromatic heterocycles. The first kappa shape index (κ1) is 15.6. The van der Waals surface area contributed by atoms with Gasteiger partial charge in [0.2, 0.25) is 0 Å². The van der Waals surface area contributed by atoms with E-state index in [1.807, 2.05) is 25.1 Å². The lowest BCUT2D eigenvalue weighted by Crippen LogP contribution is -2.23. The summed E-state index contributed by atoms with van der Waals surface area (Å²) in [6.07, 6.45) is 0. The maximum Gasteiger partial charge on any atom is 0.103 e. The van der Waals surface area contributed by atoms with Gasteiger partial charge in [-0.2, -0.15) is 0 Å². The zero-order chi connectivity index (χ0) is 15.2. The van der Waals surface area contributed by atoms with Gasteiger partial charge in [-0.25, -0.2) is 0 Å². The number of nitrogens with two attached hydrogens (primary N) is 1. The molecule has 0 unspecified atom stereocenters. The summed E-state index contributed by atoms with van der Waals surface area (Å²) in [5, 5.41) is 0. The molecule has 0 amide bonds. The highest BCUT2D eigenvalue weighted by Crippen LogP contribution is 2.11. The highest BCUT2D eigenvalue weighted by Gasteiger charge is 2.07. The van der Waals surface area contributed by atoms with Crippen molar-refractivity contribution in [3.05, 3.63) is 65.0 Å². The minimum absolute atomic E-state index is 0.445. The molecule has 0 spiro atoms. The van der Waals surface area contributed by atoms with Gasteiger partial charge in [-0.1, -0.05) is 43.4 Å². The molecule has 1 heterocycles. The Morgan fingerprint density at radius 2 is 1.95 bits per heavy atom. The van der Waals surface area contributed by atoms with Gasteiger partial charge in [0.15, 0.2) is 0 Å². The Labute approximate surface area is 131 Å². The number of rotatable bonds is 6. The maximum atomic E-state index is 5.69. The van der Waals surface area contributed by atoms with Gasteiger partial charge in [0.25, 0.3) is 0 Å². The predicted octanol–water partition coefficient (Wildman–Crippen LogP) is 3.05. The van der Waals surface area contributed by atoms with Crippen LogP contribution in [0, 0.1) is 6.92 Å². The molecule has 0 radical (unpaired) electrons. The molecule has 0 atom stereocenters. The molecule has 0 aliphatic heterocycles. The second-order valence-corrected chi connectivity index (χ2v) is 5.58. The first-order valence-electron chi connectivity index (χ1n) is 7.12. The zero-order valence-electron chi connectivity index (χ0n) is 12.5. The van der Waals surface area contributed by atoms with E-state index in [1.165, 1.54) is 5.56 Å². The summed E-state index contributed by atoms with van der Waals surface area (Å²) in [6.45, 7) is 6.85. The molecule has 4 heteroatoms. The molecule has 0 aliphatic carbocycles. The van der Waals surface area contributed by atoms with Crippen LogP contribution in [0.4, 0.5) is 0 Å². The van der Waals surface area contributed by atoms with E-state index in [9.17, 15) is 0 Å². The normalized spacial score (nSPS) is 10.8. The van der Waals surface area contributed by atoms with Crippen LogP contribution in [0.5, 0.6) is 0 Å². The fourth-order valence-corrected chi connectivity index (χ4v) is 2.40. The fourth-order valence-electron chi connectivity index (χ4n) is 2.28. The van der Waals surface area contributed by atoms with Gasteiger partial charge in [-0.05, 0) is 37.2 Å². The number of aryl methyl sites for hydroxylation is 1. The molecule has 1 aromatic carbocycles. The summed E-state index contributed by atoms with van der Waals surface area (Å²) in [5.74, 6) is 0. The van der Waals surface area contributed by atoms with Gasteiger partial charge in [0.05, 0.1) is 5.69 Å². The Kier molecular flexibility index (Phi) is 5.42. The van der Waals surface area contributed by atoms with E-state index in [4.69, 9.17) is 18.0 Å². The van der Waals surface area contributed by atoms with Crippen LogP contribution < -0.4 is 5.73 Å². The average molecular weight is 299 g/mol. The number of hydrogen-bond donors (Lipinski definition) is 1. The van der Waals surface area contributed by atoms with Crippen molar-refractivity contribution in [3.8, 4) is 0 Å². The van der Waals surface area contributed by atoms with Gasteiger partial charge >= 0.3 is 0 Å². The largest absolute Gasteiger partial charge is 0.389 e. The number of nitrogens with zero attached hydrogens (tertiary/aromatic N) is 2. The quantitative estimate of drug-likeness (QED) is 0.833. The molecule has 2 rings (SSSR count). The second-order valence-electron chi connectivity index (χ2n) is 5.14. The lowest BCUT2D eigenvalue weighted by Gasteiger charge is -2.20. The fraction of sp³-hybridized carbons (Fsp3) is 0.294. The second kappa shape index (κ2) is 7.29. The SMILES string of the molecule is CCN(Cc1cccc(C(N)=S)c1)Cc1cccc(C)n1. The third kappa shape index (κ3) is 4.62. The predicted molar refractivity (Wildman–Crippen MR) is 91.1 cm³/mol. The van der Waals surface area contributed by atoms with E-state index in [2.05, 4.69) is 41.1 Å². The molecular weight excluding hydrogens is 278 g/mol. The smallest absolute Gasteiger partial charge is 0.103 e. The lowest BCUT2D eigenvalue weighted by molar-refractivity contribution is 0.268. The van der Waals surface area contributed by atoms with E-state index in [0.717, 1.165) is 36.6 Å². The third-order valence-corrected chi connectivity index (χ3v) is 3.63. The summed E-state index contributed by atoms with van der Waals surface area (Å²) in [5.41, 5.74) is 9.99. The van der Waals surface area contributed by atoms with Crippen molar-refractivity contribution in [1.82, 2.24) is 9.88 Å². The molecule has 0 bridgehead atoms.